The number of nitrogens with zero attached hydrogens (tertiary/aromatic N) is 1. The first-order valence-corrected chi connectivity index (χ1v) is 7.68. The summed E-state index contributed by atoms with van der Waals surface area (Å²) in [5.41, 5.74) is -0.612. The number of carbonyl (C=O) groups excluding carboxylic acids is 1. The van der Waals surface area contributed by atoms with Gasteiger partial charge in [0.05, 0.1) is 12.2 Å². The first-order valence-electron chi connectivity index (χ1n) is 7.68. The second-order valence-electron chi connectivity index (χ2n) is 6.30. The second kappa shape index (κ2) is 6.77. The molecule has 1 aliphatic heterocycles. The summed E-state index contributed by atoms with van der Waals surface area (Å²) in [5.74, 6) is -0.541. The van der Waals surface area contributed by atoms with Crippen molar-refractivity contribution in [2.24, 2.45) is 5.92 Å². The summed E-state index contributed by atoms with van der Waals surface area (Å²) in [6.45, 7) is 4.24. The highest BCUT2D eigenvalue weighted by Crippen LogP contribution is 2.37. The number of likely N-dealkylation sites (tertiary alicyclic amines) is 1. The summed E-state index contributed by atoms with van der Waals surface area (Å²) >= 11 is 0. The molecule has 22 heavy (non-hydrogen) atoms. The third-order valence-corrected chi connectivity index (χ3v) is 4.79. The van der Waals surface area contributed by atoms with Crippen LogP contribution in [0, 0.1) is 5.92 Å². The van der Waals surface area contributed by atoms with Gasteiger partial charge in [-0.25, -0.2) is 4.79 Å². The molecule has 0 spiro atoms. The van der Waals surface area contributed by atoms with Gasteiger partial charge >= 0.3 is 5.97 Å². The highest BCUT2D eigenvalue weighted by Gasteiger charge is 2.51. The van der Waals surface area contributed by atoms with E-state index >= 15 is 0 Å². The van der Waals surface area contributed by atoms with Crippen molar-refractivity contribution in [3.63, 3.8) is 0 Å². The molecule has 0 amide bonds. The molecule has 2 rings (SSSR count). The van der Waals surface area contributed by atoms with Crippen LogP contribution in [0.15, 0.2) is 30.3 Å². The molecule has 5 heteroatoms. The van der Waals surface area contributed by atoms with Crippen LogP contribution in [-0.4, -0.2) is 59.0 Å². The minimum atomic E-state index is -1.09. The molecular formula is C17H25NO4. The molecule has 1 saturated heterocycles. The maximum Gasteiger partial charge on any atom is 0.338 e. The van der Waals surface area contributed by atoms with E-state index in [0.29, 0.717) is 18.5 Å². The highest BCUT2D eigenvalue weighted by atomic mass is 16.6. The quantitative estimate of drug-likeness (QED) is 0.821. The van der Waals surface area contributed by atoms with E-state index in [1.807, 2.05) is 27.0 Å². The van der Waals surface area contributed by atoms with Crippen LogP contribution in [0.4, 0.5) is 0 Å². The summed E-state index contributed by atoms with van der Waals surface area (Å²) in [5, 5.41) is 19.8. The molecule has 0 aromatic heterocycles. The van der Waals surface area contributed by atoms with Crippen molar-refractivity contribution >= 4 is 5.97 Å². The van der Waals surface area contributed by atoms with Crippen molar-refractivity contribution in [2.45, 2.75) is 38.0 Å². The van der Waals surface area contributed by atoms with Crippen LogP contribution in [0.5, 0.6) is 0 Å². The number of aliphatic hydroxyl groups is 2. The molecule has 4 atom stereocenters. The van der Waals surface area contributed by atoms with E-state index in [-0.39, 0.29) is 12.0 Å². The number of rotatable bonds is 4. The third kappa shape index (κ3) is 3.16. The zero-order valence-electron chi connectivity index (χ0n) is 13.4. The van der Waals surface area contributed by atoms with Gasteiger partial charge in [-0.2, -0.15) is 0 Å². The topological polar surface area (TPSA) is 70.0 Å². The van der Waals surface area contributed by atoms with Gasteiger partial charge in [0.25, 0.3) is 0 Å². The summed E-state index contributed by atoms with van der Waals surface area (Å²) in [6.07, 6.45) is -0.600. The Bertz CT molecular complexity index is 507. The monoisotopic (exact) mass is 307 g/mol. The minimum absolute atomic E-state index is 0.0801. The lowest BCUT2D eigenvalue weighted by Crippen LogP contribution is -2.62. The smallest absolute Gasteiger partial charge is 0.338 e. The first kappa shape index (κ1) is 16.9. The molecular weight excluding hydrogens is 282 g/mol. The van der Waals surface area contributed by atoms with Gasteiger partial charge in [0, 0.05) is 24.9 Å². The summed E-state index contributed by atoms with van der Waals surface area (Å²) in [7, 11) is 2.01. The lowest BCUT2D eigenvalue weighted by molar-refractivity contribution is -0.164. The number of carbonyl (C=O) groups is 1. The lowest BCUT2D eigenvalue weighted by atomic mass is 9.75. The van der Waals surface area contributed by atoms with E-state index in [2.05, 4.69) is 4.90 Å². The Labute approximate surface area is 131 Å². The molecule has 1 aromatic rings. The van der Waals surface area contributed by atoms with Gasteiger partial charge in [0.2, 0.25) is 0 Å². The Kier molecular flexibility index (Phi) is 5.21. The molecule has 1 aliphatic rings. The predicted molar refractivity (Wildman–Crippen MR) is 83.6 cm³/mol. The molecule has 0 bridgehead atoms. The minimum Gasteiger partial charge on any atom is -0.452 e. The average molecular weight is 307 g/mol. The number of ether oxygens (including phenoxy) is 1. The number of aliphatic hydroxyl groups excluding tert-OH is 2. The molecule has 0 aliphatic carbocycles. The fraction of sp³-hybridized carbons (Fsp3) is 0.588. The van der Waals surface area contributed by atoms with Crippen LogP contribution in [0.1, 0.15) is 30.6 Å². The standard InChI is InChI=1S/C17H25NO4/c1-12-10-18(3)13(2)9-17(12,15(20)11-19)22-16(21)14-7-5-4-6-8-14/h4-8,12-13,15,19-20H,9-11H2,1-3H3. The molecule has 122 valence electrons. The van der Waals surface area contributed by atoms with Crippen LogP contribution in [0.2, 0.25) is 0 Å². The molecule has 0 saturated carbocycles. The fourth-order valence-electron chi connectivity index (χ4n) is 3.22. The number of hydrogen-bond acceptors (Lipinski definition) is 5. The van der Waals surface area contributed by atoms with Gasteiger partial charge < -0.3 is 19.8 Å². The van der Waals surface area contributed by atoms with Crippen LogP contribution in [0.25, 0.3) is 0 Å². The maximum absolute atomic E-state index is 12.4. The Hall–Kier alpha value is -1.43. The number of esters is 1. The normalized spacial score (nSPS) is 30.8. The van der Waals surface area contributed by atoms with Gasteiger partial charge in [0.1, 0.15) is 11.7 Å². The fourth-order valence-corrected chi connectivity index (χ4v) is 3.22. The predicted octanol–water partition coefficient (Wildman–Crippen LogP) is 1.30. The zero-order chi connectivity index (χ0) is 16.3. The Balaban J connectivity index is 2.28. The van der Waals surface area contributed by atoms with Crippen molar-refractivity contribution in [3.05, 3.63) is 35.9 Å². The Morgan fingerprint density at radius 2 is 2.05 bits per heavy atom. The SMILES string of the molecule is CC1CC(OC(=O)c2ccccc2)(C(O)CO)C(C)CN1C. The van der Waals surface area contributed by atoms with Crippen LogP contribution < -0.4 is 0 Å². The molecule has 4 unspecified atom stereocenters. The third-order valence-electron chi connectivity index (χ3n) is 4.79. The van der Waals surface area contributed by atoms with Gasteiger partial charge in [-0.1, -0.05) is 25.1 Å². The van der Waals surface area contributed by atoms with E-state index in [1.54, 1.807) is 24.3 Å². The molecule has 1 heterocycles. The second-order valence-corrected chi connectivity index (χ2v) is 6.30. The van der Waals surface area contributed by atoms with Gasteiger partial charge in [-0.15, -0.1) is 0 Å². The van der Waals surface area contributed by atoms with Crippen LogP contribution >= 0.6 is 0 Å². The van der Waals surface area contributed by atoms with Crippen molar-refractivity contribution in [1.29, 1.82) is 0 Å². The Morgan fingerprint density at radius 3 is 2.64 bits per heavy atom. The van der Waals surface area contributed by atoms with E-state index < -0.39 is 24.3 Å². The van der Waals surface area contributed by atoms with E-state index in [1.165, 1.54) is 0 Å². The average Bonchev–Trinajstić information content (AvgIpc) is 2.52. The largest absolute Gasteiger partial charge is 0.452 e. The summed E-state index contributed by atoms with van der Waals surface area (Å²) in [6, 6.07) is 8.89. The van der Waals surface area contributed by atoms with Crippen molar-refractivity contribution < 1.29 is 19.7 Å². The van der Waals surface area contributed by atoms with Gasteiger partial charge in [-0.3, -0.25) is 0 Å². The maximum atomic E-state index is 12.4. The molecule has 1 aromatic carbocycles. The number of piperidine rings is 1. The molecule has 0 radical (unpaired) electrons. The first-order chi connectivity index (χ1) is 10.4. The lowest BCUT2D eigenvalue weighted by Gasteiger charge is -2.49. The van der Waals surface area contributed by atoms with E-state index in [0.717, 1.165) is 0 Å². The number of hydrogen-bond donors (Lipinski definition) is 2. The van der Waals surface area contributed by atoms with Crippen molar-refractivity contribution in [1.82, 2.24) is 4.90 Å². The van der Waals surface area contributed by atoms with Crippen molar-refractivity contribution in [3.8, 4) is 0 Å². The van der Waals surface area contributed by atoms with Gasteiger partial charge in [-0.05, 0) is 26.1 Å². The van der Waals surface area contributed by atoms with Crippen molar-refractivity contribution in [2.75, 3.05) is 20.2 Å². The Morgan fingerprint density at radius 1 is 1.41 bits per heavy atom. The molecule has 5 nitrogen and oxygen atoms in total. The molecule has 2 N–H and O–H groups in total. The van der Waals surface area contributed by atoms with E-state index in [9.17, 15) is 15.0 Å². The zero-order valence-corrected chi connectivity index (χ0v) is 13.4. The van der Waals surface area contributed by atoms with Crippen LogP contribution in [0.3, 0.4) is 0 Å². The number of benzene rings is 1. The molecule has 1 fully saturated rings. The summed E-state index contributed by atoms with van der Waals surface area (Å²) in [4.78, 5) is 14.6. The van der Waals surface area contributed by atoms with Crippen LogP contribution in [-0.2, 0) is 4.74 Å². The van der Waals surface area contributed by atoms with E-state index in [4.69, 9.17) is 4.74 Å². The summed E-state index contributed by atoms with van der Waals surface area (Å²) < 4.78 is 5.77. The highest BCUT2D eigenvalue weighted by molar-refractivity contribution is 5.89. The van der Waals surface area contributed by atoms with Gasteiger partial charge in [0.15, 0.2) is 0 Å².